The number of para-hydroxylation sites is 1. The van der Waals surface area contributed by atoms with Gasteiger partial charge in [-0.1, -0.05) is 36.4 Å². The van der Waals surface area contributed by atoms with Crippen molar-refractivity contribution < 1.29 is 8.42 Å². The molecule has 2 aromatic carbocycles. The van der Waals surface area contributed by atoms with E-state index in [1.165, 1.54) is 5.69 Å². The van der Waals surface area contributed by atoms with Crippen LogP contribution in [0.15, 0.2) is 65.6 Å². The SMILES string of the molecule is O=S(=O)(c1ccccc1)N1C[C@@H]2CCN(c3ccccc3)[C@@H]2C1. The zero-order chi connectivity index (χ0) is 15.9. The summed E-state index contributed by atoms with van der Waals surface area (Å²) in [5.74, 6) is 0.425. The monoisotopic (exact) mass is 328 g/mol. The van der Waals surface area contributed by atoms with E-state index < -0.39 is 10.0 Å². The summed E-state index contributed by atoms with van der Waals surface area (Å²) in [6.07, 6.45) is 1.06. The molecule has 0 amide bonds. The van der Waals surface area contributed by atoms with Gasteiger partial charge in [-0.2, -0.15) is 4.31 Å². The van der Waals surface area contributed by atoms with Gasteiger partial charge in [0.05, 0.1) is 4.90 Å². The number of nitrogens with zero attached hydrogens (tertiary/aromatic N) is 2. The summed E-state index contributed by atoms with van der Waals surface area (Å²) in [6, 6.07) is 19.3. The van der Waals surface area contributed by atoms with E-state index in [9.17, 15) is 8.42 Å². The maximum absolute atomic E-state index is 12.8. The Balaban J connectivity index is 1.58. The van der Waals surface area contributed by atoms with E-state index in [4.69, 9.17) is 0 Å². The third-order valence-electron chi connectivity index (χ3n) is 4.98. The molecular weight excluding hydrogens is 308 g/mol. The van der Waals surface area contributed by atoms with Crippen molar-refractivity contribution in [3.8, 4) is 0 Å². The van der Waals surface area contributed by atoms with Gasteiger partial charge in [0, 0.05) is 31.4 Å². The Hall–Kier alpha value is -1.85. The van der Waals surface area contributed by atoms with Crippen LogP contribution in [0.2, 0.25) is 0 Å². The van der Waals surface area contributed by atoms with Crippen molar-refractivity contribution in [2.75, 3.05) is 24.5 Å². The number of hydrogen-bond donors (Lipinski definition) is 0. The van der Waals surface area contributed by atoms with E-state index in [0.29, 0.717) is 23.9 Å². The molecule has 2 aromatic rings. The van der Waals surface area contributed by atoms with Crippen LogP contribution >= 0.6 is 0 Å². The fraction of sp³-hybridized carbons (Fsp3) is 0.333. The number of benzene rings is 2. The van der Waals surface area contributed by atoms with E-state index in [1.54, 1.807) is 28.6 Å². The summed E-state index contributed by atoms with van der Waals surface area (Å²) in [5, 5.41) is 0. The van der Waals surface area contributed by atoms with Gasteiger partial charge >= 0.3 is 0 Å². The Bertz CT molecular complexity index is 777. The van der Waals surface area contributed by atoms with Crippen molar-refractivity contribution in [2.24, 2.45) is 5.92 Å². The van der Waals surface area contributed by atoms with Crippen LogP contribution in [0.3, 0.4) is 0 Å². The summed E-state index contributed by atoms with van der Waals surface area (Å²) < 4.78 is 27.3. The first-order valence-electron chi connectivity index (χ1n) is 8.03. The van der Waals surface area contributed by atoms with E-state index in [0.717, 1.165) is 13.0 Å². The Kier molecular flexibility index (Phi) is 3.62. The van der Waals surface area contributed by atoms with Crippen LogP contribution < -0.4 is 4.90 Å². The van der Waals surface area contributed by atoms with Crippen LogP contribution in [0.25, 0.3) is 0 Å². The first kappa shape index (κ1) is 14.7. The minimum absolute atomic E-state index is 0.288. The van der Waals surface area contributed by atoms with Crippen LogP contribution in [-0.2, 0) is 10.0 Å². The molecule has 0 bridgehead atoms. The van der Waals surface area contributed by atoms with Crippen LogP contribution in [0.5, 0.6) is 0 Å². The first-order chi connectivity index (χ1) is 11.2. The maximum Gasteiger partial charge on any atom is 0.243 e. The average Bonchev–Trinajstić information content (AvgIpc) is 3.17. The Morgan fingerprint density at radius 1 is 0.870 bits per heavy atom. The van der Waals surface area contributed by atoms with E-state index in [2.05, 4.69) is 17.0 Å². The minimum atomic E-state index is -3.38. The molecular formula is C18H20N2O2S. The number of sulfonamides is 1. The van der Waals surface area contributed by atoms with Crippen molar-refractivity contribution in [1.29, 1.82) is 0 Å². The number of fused-ring (bicyclic) bond motifs is 1. The van der Waals surface area contributed by atoms with Crippen LogP contribution in [0, 0.1) is 5.92 Å². The number of rotatable bonds is 3. The average molecular weight is 328 g/mol. The van der Waals surface area contributed by atoms with Crippen LogP contribution in [-0.4, -0.2) is 38.4 Å². The second-order valence-corrected chi connectivity index (χ2v) is 8.22. The standard InChI is InChI=1S/C18H20N2O2S/c21-23(22,17-9-5-2-6-10-17)19-13-15-11-12-20(18(15)14-19)16-7-3-1-4-8-16/h1-10,15,18H,11-14H2/t15-,18+/m0/s1. The van der Waals surface area contributed by atoms with Crippen molar-refractivity contribution in [2.45, 2.75) is 17.4 Å². The summed E-state index contributed by atoms with van der Waals surface area (Å²) >= 11 is 0. The number of hydrogen-bond acceptors (Lipinski definition) is 3. The van der Waals surface area contributed by atoms with Gasteiger partial charge in [-0.3, -0.25) is 0 Å². The van der Waals surface area contributed by atoms with Crippen molar-refractivity contribution >= 4 is 15.7 Å². The zero-order valence-corrected chi connectivity index (χ0v) is 13.7. The zero-order valence-electron chi connectivity index (χ0n) is 12.9. The van der Waals surface area contributed by atoms with Gasteiger partial charge in [0.1, 0.15) is 0 Å². The van der Waals surface area contributed by atoms with Crippen molar-refractivity contribution in [3.63, 3.8) is 0 Å². The highest BCUT2D eigenvalue weighted by Gasteiger charge is 2.45. The molecule has 2 heterocycles. The summed E-state index contributed by atoms with van der Waals surface area (Å²) in [5.41, 5.74) is 1.19. The Labute approximate surface area is 137 Å². The molecule has 5 heteroatoms. The third kappa shape index (κ3) is 2.54. The molecule has 0 saturated carbocycles. The van der Waals surface area contributed by atoms with Crippen LogP contribution in [0.1, 0.15) is 6.42 Å². The lowest BCUT2D eigenvalue weighted by molar-refractivity contribution is 0.451. The van der Waals surface area contributed by atoms with Crippen LogP contribution in [0.4, 0.5) is 5.69 Å². The normalized spacial score (nSPS) is 24.8. The molecule has 4 rings (SSSR count). The lowest BCUT2D eigenvalue weighted by Gasteiger charge is -2.26. The van der Waals surface area contributed by atoms with Gasteiger partial charge < -0.3 is 4.90 Å². The molecule has 2 aliphatic rings. The fourth-order valence-electron chi connectivity index (χ4n) is 3.80. The maximum atomic E-state index is 12.8. The van der Waals surface area contributed by atoms with Gasteiger partial charge in [-0.25, -0.2) is 8.42 Å². The van der Waals surface area contributed by atoms with Gasteiger partial charge in [0.25, 0.3) is 0 Å². The largest absolute Gasteiger partial charge is 0.367 e. The molecule has 4 nitrogen and oxygen atoms in total. The van der Waals surface area contributed by atoms with E-state index in [1.807, 2.05) is 24.3 Å². The van der Waals surface area contributed by atoms with Gasteiger partial charge in [-0.15, -0.1) is 0 Å². The van der Waals surface area contributed by atoms with E-state index in [-0.39, 0.29) is 6.04 Å². The first-order valence-corrected chi connectivity index (χ1v) is 9.47. The van der Waals surface area contributed by atoms with Crippen molar-refractivity contribution in [3.05, 3.63) is 60.7 Å². The van der Waals surface area contributed by atoms with E-state index >= 15 is 0 Å². The minimum Gasteiger partial charge on any atom is -0.367 e. The lowest BCUT2D eigenvalue weighted by Crippen LogP contribution is -2.37. The smallest absolute Gasteiger partial charge is 0.243 e. The molecule has 0 radical (unpaired) electrons. The Morgan fingerprint density at radius 2 is 1.52 bits per heavy atom. The quantitative estimate of drug-likeness (QED) is 0.869. The van der Waals surface area contributed by atoms with Gasteiger partial charge in [0.15, 0.2) is 0 Å². The second-order valence-electron chi connectivity index (χ2n) is 6.28. The highest BCUT2D eigenvalue weighted by atomic mass is 32.2. The molecule has 23 heavy (non-hydrogen) atoms. The molecule has 0 N–H and O–H groups in total. The van der Waals surface area contributed by atoms with Gasteiger partial charge in [-0.05, 0) is 36.6 Å². The molecule has 0 spiro atoms. The van der Waals surface area contributed by atoms with Crippen molar-refractivity contribution in [1.82, 2.24) is 4.31 Å². The Morgan fingerprint density at radius 3 is 2.22 bits per heavy atom. The predicted octanol–water partition coefficient (Wildman–Crippen LogP) is 2.59. The molecule has 2 fully saturated rings. The summed E-state index contributed by atoms with van der Waals surface area (Å²) in [4.78, 5) is 2.76. The van der Waals surface area contributed by atoms with Gasteiger partial charge in [0.2, 0.25) is 10.0 Å². The summed E-state index contributed by atoms with van der Waals surface area (Å²) in [7, 11) is -3.38. The fourth-order valence-corrected chi connectivity index (χ4v) is 5.34. The molecule has 120 valence electrons. The third-order valence-corrected chi connectivity index (χ3v) is 6.83. The molecule has 0 unspecified atom stereocenters. The highest BCUT2D eigenvalue weighted by molar-refractivity contribution is 7.89. The molecule has 0 aliphatic carbocycles. The topological polar surface area (TPSA) is 40.6 Å². The molecule has 2 saturated heterocycles. The summed E-state index contributed by atoms with van der Waals surface area (Å²) in [6.45, 7) is 2.22. The predicted molar refractivity (Wildman–Crippen MR) is 90.9 cm³/mol. The molecule has 0 aromatic heterocycles. The second kappa shape index (κ2) is 5.65. The molecule has 2 atom stereocenters. The highest BCUT2D eigenvalue weighted by Crippen LogP contribution is 2.36. The number of anilines is 1. The lowest BCUT2D eigenvalue weighted by atomic mass is 10.1. The molecule has 2 aliphatic heterocycles.